The van der Waals surface area contributed by atoms with Gasteiger partial charge in [0.15, 0.2) is 0 Å². The van der Waals surface area contributed by atoms with E-state index in [4.69, 9.17) is 11.6 Å². The summed E-state index contributed by atoms with van der Waals surface area (Å²) in [6, 6.07) is 15.7. The van der Waals surface area contributed by atoms with Crippen LogP contribution in [0.2, 0.25) is 5.02 Å². The van der Waals surface area contributed by atoms with Crippen molar-refractivity contribution in [2.45, 2.75) is 26.7 Å². The van der Waals surface area contributed by atoms with Crippen LogP contribution in [0.15, 0.2) is 61.2 Å². The molecule has 0 aliphatic carbocycles. The van der Waals surface area contributed by atoms with Crippen LogP contribution in [0.1, 0.15) is 29.3 Å². The van der Waals surface area contributed by atoms with Gasteiger partial charge in [0.1, 0.15) is 11.6 Å². The third-order valence-electron chi connectivity index (χ3n) is 5.24. The third-order valence-corrected chi connectivity index (χ3v) is 5.55. The van der Waals surface area contributed by atoms with Crippen molar-refractivity contribution < 1.29 is 8.78 Å². The van der Waals surface area contributed by atoms with Gasteiger partial charge < -0.3 is 0 Å². The van der Waals surface area contributed by atoms with Crippen molar-refractivity contribution in [2.75, 3.05) is 0 Å². The average Bonchev–Trinajstić information content (AvgIpc) is 3.03. The topological polar surface area (TPSA) is 17.8 Å². The number of fused-ring (bicyclic) bond motifs is 1. The predicted molar refractivity (Wildman–Crippen MR) is 119 cm³/mol. The number of aryl methyl sites for hydroxylation is 3. The summed E-state index contributed by atoms with van der Waals surface area (Å²) in [5.41, 5.74) is 5.28. The zero-order valence-corrected chi connectivity index (χ0v) is 17.6. The normalized spacial score (nSPS) is 11.2. The fourth-order valence-corrected chi connectivity index (χ4v) is 3.91. The Hall–Kier alpha value is -2.98. The average molecular weight is 423 g/mol. The molecule has 0 amide bonds. The molecule has 1 heterocycles. The van der Waals surface area contributed by atoms with E-state index in [9.17, 15) is 8.78 Å². The van der Waals surface area contributed by atoms with E-state index >= 15 is 0 Å². The van der Waals surface area contributed by atoms with Crippen LogP contribution in [-0.4, -0.2) is 9.78 Å². The fraction of sp³-hybridized carbons (Fsp3) is 0.160. The van der Waals surface area contributed by atoms with Gasteiger partial charge >= 0.3 is 0 Å². The second-order valence-electron chi connectivity index (χ2n) is 7.54. The Morgan fingerprint density at radius 2 is 1.77 bits per heavy atom. The maximum absolute atomic E-state index is 14.5. The molecular formula is C25H21ClF2N2. The number of nitrogens with zero attached hydrogens (tertiary/aromatic N) is 2. The van der Waals surface area contributed by atoms with Crippen LogP contribution in [-0.2, 0) is 12.8 Å². The molecule has 0 bridgehead atoms. The second-order valence-corrected chi connectivity index (χ2v) is 7.95. The zero-order valence-electron chi connectivity index (χ0n) is 16.8. The minimum absolute atomic E-state index is 0.221. The summed E-state index contributed by atoms with van der Waals surface area (Å²) in [7, 11) is 0. The summed E-state index contributed by atoms with van der Waals surface area (Å²) in [5, 5.41) is 5.99. The molecule has 152 valence electrons. The highest BCUT2D eigenvalue weighted by Crippen LogP contribution is 2.31. The molecule has 0 spiro atoms. The lowest BCUT2D eigenvalue weighted by Crippen LogP contribution is -2.00. The molecule has 2 nitrogen and oxygen atoms in total. The molecule has 5 heteroatoms. The minimum Gasteiger partial charge on any atom is -0.231 e. The Balaban J connectivity index is 1.69. The maximum Gasteiger partial charge on any atom is 0.132 e. The quantitative estimate of drug-likeness (QED) is 0.336. The highest BCUT2D eigenvalue weighted by molar-refractivity contribution is 6.32. The van der Waals surface area contributed by atoms with Crippen molar-refractivity contribution in [2.24, 2.45) is 0 Å². The van der Waals surface area contributed by atoms with E-state index in [2.05, 4.69) is 17.7 Å². The second kappa shape index (κ2) is 8.04. The maximum atomic E-state index is 14.5. The fourth-order valence-electron chi connectivity index (χ4n) is 3.66. The van der Waals surface area contributed by atoms with Crippen molar-refractivity contribution in [1.82, 2.24) is 9.78 Å². The van der Waals surface area contributed by atoms with Gasteiger partial charge in [-0.3, -0.25) is 0 Å². The first-order chi connectivity index (χ1) is 14.3. The number of rotatable bonds is 5. The van der Waals surface area contributed by atoms with E-state index < -0.39 is 0 Å². The first kappa shape index (κ1) is 20.3. The van der Waals surface area contributed by atoms with Gasteiger partial charge in [0.2, 0.25) is 0 Å². The number of aromatic nitrogens is 2. The summed E-state index contributed by atoms with van der Waals surface area (Å²) >= 11 is 6.45. The molecule has 0 saturated heterocycles. The molecule has 0 unspecified atom stereocenters. The van der Waals surface area contributed by atoms with Crippen LogP contribution < -0.4 is 0 Å². The van der Waals surface area contributed by atoms with Gasteiger partial charge in [0, 0.05) is 17.0 Å². The number of hydrogen-bond acceptors (Lipinski definition) is 1. The van der Waals surface area contributed by atoms with Crippen molar-refractivity contribution in [3.63, 3.8) is 0 Å². The van der Waals surface area contributed by atoms with Gasteiger partial charge in [-0.1, -0.05) is 36.4 Å². The molecule has 0 saturated carbocycles. The number of halogens is 3. The van der Waals surface area contributed by atoms with Crippen molar-refractivity contribution in [3.05, 3.63) is 100 Å². The van der Waals surface area contributed by atoms with Gasteiger partial charge in [-0.2, -0.15) is 5.10 Å². The Bertz CT molecular complexity index is 1270. The largest absolute Gasteiger partial charge is 0.231 e. The van der Waals surface area contributed by atoms with Crippen molar-refractivity contribution >= 4 is 28.1 Å². The summed E-state index contributed by atoms with van der Waals surface area (Å²) in [5.74, 6) is -0.600. The first-order valence-corrected chi connectivity index (χ1v) is 10.1. The summed E-state index contributed by atoms with van der Waals surface area (Å²) in [4.78, 5) is 0. The molecule has 1 aromatic heterocycles. The Morgan fingerprint density at radius 1 is 1.03 bits per heavy atom. The SMILES string of the molecule is C=C(C)c1cc(Cl)c(-n2nc(C)c3cc(CCc4cccc(F)c4)ccc32)cc1F. The molecule has 0 aliphatic rings. The number of allylic oxidation sites excluding steroid dienone is 1. The van der Waals surface area contributed by atoms with Crippen LogP contribution in [0, 0.1) is 18.6 Å². The number of benzene rings is 3. The Labute approximate surface area is 179 Å². The summed E-state index contributed by atoms with van der Waals surface area (Å²) in [6.07, 6.45) is 1.53. The molecule has 4 rings (SSSR count). The van der Waals surface area contributed by atoms with Crippen LogP contribution in [0.3, 0.4) is 0 Å². The van der Waals surface area contributed by atoms with Crippen LogP contribution in [0.5, 0.6) is 0 Å². The van der Waals surface area contributed by atoms with E-state index in [0.29, 0.717) is 21.8 Å². The van der Waals surface area contributed by atoms with Crippen molar-refractivity contribution in [3.8, 4) is 5.69 Å². The van der Waals surface area contributed by atoms with Gasteiger partial charge in [0.05, 0.1) is 21.9 Å². The molecule has 0 atom stereocenters. The van der Waals surface area contributed by atoms with Gasteiger partial charge in [-0.05, 0) is 73.7 Å². The molecular weight excluding hydrogens is 402 g/mol. The van der Waals surface area contributed by atoms with E-state index in [1.807, 2.05) is 25.1 Å². The Morgan fingerprint density at radius 3 is 2.47 bits per heavy atom. The zero-order chi connectivity index (χ0) is 21.4. The minimum atomic E-state index is -0.380. The number of hydrogen-bond donors (Lipinski definition) is 0. The summed E-state index contributed by atoms with van der Waals surface area (Å²) < 4.78 is 29.6. The standard InChI is InChI=1S/C25H21ClF2N2/c1-15(2)20-13-22(26)25(14-23(20)28)30-24-10-9-18(12-21(24)16(3)29-30)8-7-17-5-4-6-19(27)11-17/h4-6,9-14H,1,7-8H2,2-3H3. The molecule has 0 aliphatic heterocycles. The van der Waals surface area contributed by atoms with Gasteiger partial charge in [-0.15, -0.1) is 0 Å². The molecule has 3 aromatic carbocycles. The molecule has 30 heavy (non-hydrogen) atoms. The molecule has 0 N–H and O–H groups in total. The lowest BCUT2D eigenvalue weighted by Gasteiger charge is -2.10. The van der Waals surface area contributed by atoms with Crippen molar-refractivity contribution in [1.29, 1.82) is 0 Å². The highest BCUT2D eigenvalue weighted by atomic mass is 35.5. The van der Waals surface area contributed by atoms with E-state index in [0.717, 1.165) is 40.6 Å². The van der Waals surface area contributed by atoms with Crippen LogP contribution in [0.4, 0.5) is 8.78 Å². The van der Waals surface area contributed by atoms with Crippen LogP contribution in [0.25, 0.3) is 22.2 Å². The first-order valence-electron chi connectivity index (χ1n) is 9.71. The summed E-state index contributed by atoms with van der Waals surface area (Å²) in [6.45, 7) is 7.46. The smallest absolute Gasteiger partial charge is 0.132 e. The van der Waals surface area contributed by atoms with E-state index in [-0.39, 0.29) is 11.6 Å². The van der Waals surface area contributed by atoms with E-state index in [1.165, 1.54) is 12.1 Å². The molecule has 4 aromatic rings. The lowest BCUT2D eigenvalue weighted by atomic mass is 10.0. The van der Waals surface area contributed by atoms with Gasteiger partial charge in [0.25, 0.3) is 0 Å². The molecule has 0 fully saturated rings. The Kier molecular flexibility index (Phi) is 5.44. The monoisotopic (exact) mass is 422 g/mol. The van der Waals surface area contributed by atoms with E-state index in [1.54, 1.807) is 29.8 Å². The molecule has 0 radical (unpaired) electrons. The van der Waals surface area contributed by atoms with Gasteiger partial charge in [-0.25, -0.2) is 13.5 Å². The third kappa shape index (κ3) is 3.88. The lowest BCUT2D eigenvalue weighted by molar-refractivity contribution is 0.622. The predicted octanol–water partition coefficient (Wildman–Crippen LogP) is 7.08. The van der Waals surface area contributed by atoms with Crippen LogP contribution >= 0.6 is 11.6 Å². The highest BCUT2D eigenvalue weighted by Gasteiger charge is 2.15.